The van der Waals surface area contributed by atoms with Gasteiger partial charge >= 0.3 is 11.9 Å². The predicted octanol–water partition coefficient (Wildman–Crippen LogP) is 0.483. The van der Waals surface area contributed by atoms with Crippen molar-refractivity contribution in [1.82, 2.24) is 15.2 Å². The van der Waals surface area contributed by atoms with E-state index >= 15 is 0 Å². The number of alkyl halides is 1. The fourth-order valence-corrected chi connectivity index (χ4v) is 5.69. The standard InChI is InChI=1S/C17H18IN5O7S2/c1-17(2,15(28)29)30-22-8(7-5-32-16(19)20-7)11(24)21-9-12(25)23-10(14(26)27)6(3-18)4-31-13(9)23/h5,9,13H,3-4H2,1-2H3,(H2,19,20)(H,21,24)(H,26,27)(H,28,29)/t9?,13-/m0/s1. The Balaban J connectivity index is 1.83. The van der Waals surface area contributed by atoms with Crippen LogP contribution >= 0.6 is 45.7 Å². The molecule has 2 aliphatic rings. The molecular weight excluding hydrogens is 577 g/mol. The molecule has 32 heavy (non-hydrogen) atoms. The van der Waals surface area contributed by atoms with Gasteiger partial charge in [-0.05, 0) is 19.4 Å². The SMILES string of the molecule is CC(C)(ON=C(C(=O)NC1C(=O)N2C(C(=O)O)=C(CI)CS[C@@H]12)c1csc(N)n1)C(=O)O. The van der Waals surface area contributed by atoms with Gasteiger partial charge in [0, 0.05) is 15.6 Å². The van der Waals surface area contributed by atoms with Crippen LogP contribution in [0.4, 0.5) is 5.13 Å². The maximum atomic E-state index is 12.9. The summed E-state index contributed by atoms with van der Waals surface area (Å²) >= 11 is 4.41. The molecule has 0 bridgehead atoms. The smallest absolute Gasteiger partial charge is 0.352 e. The second kappa shape index (κ2) is 9.22. The molecule has 0 spiro atoms. The van der Waals surface area contributed by atoms with E-state index in [2.05, 4.69) is 15.5 Å². The normalized spacial score (nSPS) is 21.0. The number of aromatic nitrogens is 1. The van der Waals surface area contributed by atoms with E-state index in [1.54, 1.807) is 0 Å². The van der Waals surface area contributed by atoms with Gasteiger partial charge in [-0.15, -0.1) is 23.1 Å². The molecule has 1 unspecified atom stereocenters. The number of carboxylic acids is 2. The van der Waals surface area contributed by atoms with Crippen LogP contribution in [-0.2, 0) is 24.0 Å². The van der Waals surface area contributed by atoms with Crippen LogP contribution in [0.2, 0.25) is 0 Å². The number of hydrogen-bond donors (Lipinski definition) is 4. The number of thioether (sulfide) groups is 1. The molecule has 0 aliphatic carbocycles. The van der Waals surface area contributed by atoms with Crippen LogP contribution in [0.1, 0.15) is 19.5 Å². The molecule has 1 aromatic rings. The van der Waals surface area contributed by atoms with Crippen molar-refractivity contribution in [3.8, 4) is 0 Å². The number of β-lactam (4-membered cyclic amide) rings is 1. The number of hydrogen-bond acceptors (Lipinski definition) is 10. The van der Waals surface area contributed by atoms with Crippen LogP contribution in [0.15, 0.2) is 21.8 Å². The molecule has 2 aliphatic heterocycles. The molecular formula is C17H18IN5O7S2. The van der Waals surface area contributed by atoms with E-state index in [-0.39, 0.29) is 22.2 Å². The van der Waals surface area contributed by atoms with Crippen molar-refractivity contribution in [1.29, 1.82) is 0 Å². The summed E-state index contributed by atoms with van der Waals surface area (Å²) in [5, 5.41) is 25.9. The second-order valence-electron chi connectivity index (χ2n) is 7.17. The molecule has 0 aromatic carbocycles. The van der Waals surface area contributed by atoms with E-state index in [4.69, 9.17) is 10.6 Å². The number of carbonyl (C=O) groups is 4. The monoisotopic (exact) mass is 595 g/mol. The number of nitrogens with one attached hydrogen (secondary N) is 1. The quantitative estimate of drug-likeness (QED) is 0.108. The van der Waals surface area contributed by atoms with Crippen molar-refractivity contribution in [2.45, 2.75) is 30.9 Å². The maximum absolute atomic E-state index is 12.9. The third kappa shape index (κ3) is 4.54. The van der Waals surface area contributed by atoms with Crippen LogP contribution in [-0.4, -0.2) is 76.8 Å². The molecule has 2 atom stereocenters. The topological polar surface area (TPSA) is 185 Å². The van der Waals surface area contributed by atoms with E-state index in [9.17, 15) is 29.4 Å². The highest BCUT2D eigenvalue weighted by molar-refractivity contribution is 14.1. The van der Waals surface area contributed by atoms with E-state index in [1.807, 2.05) is 22.6 Å². The molecule has 0 radical (unpaired) electrons. The van der Waals surface area contributed by atoms with Gasteiger partial charge in [-0.2, -0.15) is 0 Å². The third-order valence-electron chi connectivity index (χ3n) is 4.56. The molecule has 1 saturated heterocycles. The van der Waals surface area contributed by atoms with Crippen LogP contribution < -0.4 is 11.1 Å². The summed E-state index contributed by atoms with van der Waals surface area (Å²) in [7, 11) is 0. The summed E-state index contributed by atoms with van der Waals surface area (Å²) in [4.78, 5) is 58.8. The summed E-state index contributed by atoms with van der Waals surface area (Å²) < 4.78 is 0.457. The third-order valence-corrected chi connectivity index (χ3v) is 7.49. The lowest BCUT2D eigenvalue weighted by Crippen LogP contribution is -2.71. The molecule has 12 nitrogen and oxygen atoms in total. The van der Waals surface area contributed by atoms with E-state index in [1.165, 1.54) is 31.0 Å². The van der Waals surface area contributed by atoms with Crippen molar-refractivity contribution < 1.29 is 34.2 Å². The zero-order chi connectivity index (χ0) is 23.8. The number of aliphatic carboxylic acids is 2. The Morgan fingerprint density at radius 2 is 2.12 bits per heavy atom. The van der Waals surface area contributed by atoms with Gasteiger partial charge in [0.15, 0.2) is 10.8 Å². The number of thiazole rings is 1. The highest BCUT2D eigenvalue weighted by Gasteiger charge is 2.54. The Labute approximate surface area is 203 Å². The molecule has 3 heterocycles. The minimum atomic E-state index is -1.73. The number of nitrogens with zero attached hydrogens (tertiary/aromatic N) is 3. The van der Waals surface area contributed by atoms with Gasteiger partial charge in [-0.3, -0.25) is 14.5 Å². The lowest BCUT2D eigenvalue weighted by atomic mass is 10.0. The van der Waals surface area contributed by atoms with Gasteiger partial charge in [0.05, 0.1) is 0 Å². The van der Waals surface area contributed by atoms with Gasteiger partial charge in [0.2, 0.25) is 5.60 Å². The Bertz CT molecular complexity index is 1050. The van der Waals surface area contributed by atoms with E-state index in [0.717, 1.165) is 16.2 Å². The molecule has 2 amide bonds. The average Bonchev–Trinajstić information content (AvgIpc) is 3.16. The van der Waals surface area contributed by atoms with Gasteiger partial charge in [-0.1, -0.05) is 27.7 Å². The fourth-order valence-electron chi connectivity index (χ4n) is 2.80. The molecule has 172 valence electrons. The summed E-state index contributed by atoms with van der Waals surface area (Å²) in [6.07, 6.45) is 0. The number of anilines is 1. The van der Waals surface area contributed by atoms with Gasteiger partial charge in [0.25, 0.3) is 11.8 Å². The van der Waals surface area contributed by atoms with Gasteiger partial charge in [0.1, 0.15) is 22.8 Å². The molecule has 0 saturated carbocycles. The zero-order valence-corrected chi connectivity index (χ0v) is 20.5. The molecule has 5 N–H and O–H groups in total. The Hall–Kier alpha value is -2.40. The molecule has 1 fully saturated rings. The number of carboxylic acid groups (broad SMARTS) is 2. The maximum Gasteiger partial charge on any atom is 0.352 e. The fraction of sp³-hybridized carbons (Fsp3) is 0.412. The van der Waals surface area contributed by atoms with Crippen molar-refractivity contribution >= 4 is 80.3 Å². The van der Waals surface area contributed by atoms with Crippen molar-refractivity contribution in [3.05, 3.63) is 22.3 Å². The zero-order valence-electron chi connectivity index (χ0n) is 16.7. The highest BCUT2D eigenvalue weighted by Crippen LogP contribution is 2.40. The second-order valence-corrected chi connectivity index (χ2v) is 9.93. The lowest BCUT2D eigenvalue weighted by molar-refractivity contribution is -0.161. The Kier molecular flexibility index (Phi) is 6.99. The first kappa shape index (κ1) is 24.2. The average molecular weight is 595 g/mol. The molecule has 1 aromatic heterocycles. The van der Waals surface area contributed by atoms with E-state index in [0.29, 0.717) is 15.8 Å². The number of fused-ring (bicyclic) bond motifs is 1. The largest absolute Gasteiger partial charge is 0.478 e. The van der Waals surface area contributed by atoms with Gasteiger partial charge in [-0.25, -0.2) is 14.6 Å². The number of nitrogen functional groups attached to an aromatic ring is 1. The first-order chi connectivity index (χ1) is 15.0. The predicted molar refractivity (Wildman–Crippen MR) is 124 cm³/mol. The number of carbonyl (C=O) groups excluding carboxylic acids is 2. The summed E-state index contributed by atoms with van der Waals surface area (Å²) in [6.45, 7) is 2.50. The first-order valence-corrected chi connectivity index (χ1v) is 12.4. The minimum absolute atomic E-state index is 0.0458. The van der Waals surface area contributed by atoms with Crippen molar-refractivity contribution in [3.63, 3.8) is 0 Å². The van der Waals surface area contributed by atoms with Crippen LogP contribution in [0.25, 0.3) is 0 Å². The summed E-state index contributed by atoms with van der Waals surface area (Å²) in [5.41, 5.74) is 4.14. The van der Waals surface area contributed by atoms with Gasteiger partial charge < -0.3 is 26.1 Å². The number of rotatable bonds is 8. The van der Waals surface area contributed by atoms with E-state index < -0.39 is 40.8 Å². The number of halogens is 1. The molecule has 3 rings (SSSR count). The highest BCUT2D eigenvalue weighted by atomic mass is 127. The lowest BCUT2D eigenvalue weighted by Gasteiger charge is -2.49. The molecule has 15 heteroatoms. The first-order valence-electron chi connectivity index (χ1n) is 8.95. The van der Waals surface area contributed by atoms with Crippen molar-refractivity contribution in [2.75, 3.05) is 15.9 Å². The number of nitrogens with two attached hydrogens (primary N) is 1. The van der Waals surface area contributed by atoms with Crippen LogP contribution in [0.5, 0.6) is 0 Å². The Morgan fingerprint density at radius 1 is 1.44 bits per heavy atom. The van der Waals surface area contributed by atoms with Crippen LogP contribution in [0, 0.1) is 0 Å². The minimum Gasteiger partial charge on any atom is -0.478 e. The summed E-state index contributed by atoms with van der Waals surface area (Å²) in [5.74, 6) is -3.51. The van der Waals surface area contributed by atoms with Crippen LogP contribution in [0.3, 0.4) is 0 Å². The summed E-state index contributed by atoms with van der Waals surface area (Å²) in [6, 6.07) is -0.994. The number of amides is 2. The number of oxime groups is 1. The van der Waals surface area contributed by atoms with Crippen molar-refractivity contribution in [2.24, 2.45) is 5.16 Å². The Morgan fingerprint density at radius 3 is 2.66 bits per heavy atom.